The highest BCUT2D eigenvalue weighted by atomic mass is 16.6. The normalized spacial score (nSPS) is 42.4. The van der Waals surface area contributed by atoms with Crippen LogP contribution in [0.5, 0.6) is 63.2 Å². The lowest BCUT2D eigenvalue weighted by molar-refractivity contribution is -0.0454. The number of aliphatic hydroxyl groups excluding tert-OH is 5. The lowest BCUT2D eigenvalue weighted by atomic mass is 9.53. The number of hydrogen-bond acceptors (Lipinski definition) is 17. The van der Waals surface area contributed by atoms with Crippen molar-refractivity contribution in [1.82, 2.24) is 19.6 Å². The first-order chi connectivity index (χ1) is 41.7. The first-order valence-corrected chi connectivity index (χ1v) is 31.7. The van der Waals surface area contributed by atoms with Crippen molar-refractivity contribution in [3.8, 4) is 63.2 Å². The summed E-state index contributed by atoms with van der Waals surface area (Å²) >= 11 is 0. The molecule has 4 aromatic carbocycles. The molecule has 0 aromatic heterocycles. The SMILES string of the molecule is CN1CC[C@]23c4c5cc(Oc6c(Oc7c(Oc8cc9c%10c(c8CO)O[C@H]8[C@@H](O)C=C[C@H]%11[C@@H](C9)N(C)CC[C@@]%10%118)cc8c9c7O[C@H]7[C@@H](O)C=C[C@H]%10[C@@H](C8)N(C)CC[C@@]9%107)cc7c8c6O[C@H]6[C@@H](O)C=C[C@H]9[C@@H](C7)N(C)CC[C@@]896)c(O)c4O[C@H]2[C@@H](O)C=C[C@H]3[C@H]1C5. The molecule has 8 aliphatic heterocycles. The van der Waals surface area contributed by atoms with E-state index in [-0.39, 0.29) is 76.6 Å². The number of phenols is 1. The molecule has 4 saturated heterocycles. The Morgan fingerprint density at radius 3 is 1.13 bits per heavy atom. The smallest absolute Gasteiger partial charge is 0.212 e. The number of likely N-dealkylation sites (N-methyl/N-ethyl adjacent to an activating group) is 4. The Bertz CT molecular complexity index is 3900. The second kappa shape index (κ2) is 16.6. The monoisotopic (exact) mass is 1160 g/mol. The molecule has 6 N–H and O–H groups in total. The molecule has 86 heavy (non-hydrogen) atoms. The van der Waals surface area contributed by atoms with Gasteiger partial charge in [0.05, 0.1) is 12.2 Å². The zero-order valence-corrected chi connectivity index (χ0v) is 48.7. The summed E-state index contributed by atoms with van der Waals surface area (Å²) in [7, 11) is 8.71. The van der Waals surface area contributed by atoms with Crippen LogP contribution >= 0.6 is 0 Å². The summed E-state index contributed by atoms with van der Waals surface area (Å²) in [6.07, 6.45) is 16.2. The highest BCUT2D eigenvalue weighted by molar-refractivity contribution is 5.75. The van der Waals surface area contributed by atoms with Gasteiger partial charge < -0.3 is 83.4 Å². The molecule has 0 unspecified atom stereocenters. The van der Waals surface area contributed by atoms with E-state index in [1.165, 1.54) is 0 Å². The van der Waals surface area contributed by atoms with Crippen molar-refractivity contribution in [3.05, 3.63) is 123 Å². The molecule has 446 valence electrons. The first kappa shape index (κ1) is 50.8. The standard InChI is InChI=1S/C69H72N4O13/c1-70-17-13-66-35-5-9-43(75)62(66)83-56-34(29-74)47(25-30(51(56)66)21-39(35)70)80-49-27-32-23-41-37-7-11-45(77)64-68(37,15-19-72(41)3)53(32)60(85-64)57(49)82-50-28-33-24-42-38-8-12-46(78)65-69(38,16-20-73(42)4)54(33)61(86-65)58(50)81-48-26-31-22-40-36-6-10-44(76)63-67(36,14-18-71(40)2)52(31)59(84-63)55(48)79/h5-12,25-28,35-46,62-65,74-79H,13-24,29H2,1-4H3/t35-,36-,37-,38-,39+,40+,41+,42+,43-,44-,45-,46-,62-,63-,64-,65-,66-,67-,68-,69-/m0/s1. The van der Waals surface area contributed by atoms with Crippen molar-refractivity contribution >= 4 is 0 Å². The second-order valence-electron chi connectivity index (χ2n) is 28.8. The van der Waals surface area contributed by atoms with Crippen LogP contribution in [-0.2, 0) is 54.0 Å². The van der Waals surface area contributed by atoms with Crippen molar-refractivity contribution in [2.24, 2.45) is 23.7 Å². The minimum atomic E-state index is -0.913. The topological polar surface area (TPSA) is 199 Å². The molecule has 8 heterocycles. The van der Waals surface area contributed by atoms with Gasteiger partial charge in [-0.05, 0) is 152 Å². The fraction of sp³-hybridized carbons (Fsp3) is 0.536. The molecule has 0 saturated carbocycles. The third-order valence-electron chi connectivity index (χ3n) is 25.8. The third kappa shape index (κ3) is 5.71. The van der Waals surface area contributed by atoms with Crippen molar-refractivity contribution in [3.63, 3.8) is 0 Å². The fourth-order valence-electron chi connectivity index (χ4n) is 22.2. The average molecular weight is 1170 g/mol. The summed E-state index contributed by atoms with van der Waals surface area (Å²) in [5.74, 6) is 3.61. The number of likely N-dealkylation sites (tertiary alicyclic amines) is 4. The van der Waals surface area contributed by atoms with E-state index in [1.807, 2.05) is 30.4 Å². The Morgan fingerprint density at radius 1 is 0.419 bits per heavy atom. The van der Waals surface area contributed by atoms with Gasteiger partial charge in [-0.3, -0.25) is 0 Å². The van der Waals surface area contributed by atoms with E-state index in [2.05, 4.69) is 90.3 Å². The fourth-order valence-corrected chi connectivity index (χ4v) is 22.2. The van der Waals surface area contributed by atoms with Crippen LogP contribution in [0.2, 0.25) is 0 Å². The first-order valence-electron chi connectivity index (χ1n) is 31.7. The van der Waals surface area contributed by atoms with Gasteiger partial charge in [-0.15, -0.1) is 0 Å². The van der Waals surface area contributed by atoms with Crippen LogP contribution in [0.4, 0.5) is 0 Å². The zero-order chi connectivity index (χ0) is 57.7. The third-order valence-corrected chi connectivity index (χ3v) is 25.8. The molecule has 20 rings (SSSR count). The average Bonchev–Trinajstić information content (AvgIpc) is 1.47. The second-order valence-corrected chi connectivity index (χ2v) is 28.8. The van der Waals surface area contributed by atoms with Crippen LogP contribution in [-0.4, -0.2) is 178 Å². The number of phenolic OH excluding ortho intramolecular Hbond substituents is 1. The molecular weight excluding hydrogens is 1090 g/mol. The van der Waals surface area contributed by atoms with Gasteiger partial charge in [0.2, 0.25) is 17.2 Å². The van der Waals surface area contributed by atoms with Crippen molar-refractivity contribution < 1.29 is 63.8 Å². The number of benzene rings is 4. The Kier molecular flexibility index (Phi) is 9.80. The van der Waals surface area contributed by atoms with Gasteiger partial charge in [0.15, 0.2) is 34.5 Å². The minimum Gasteiger partial charge on any atom is -0.502 e. The largest absolute Gasteiger partial charge is 0.502 e. The Morgan fingerprint density at radius 2 is 0.733 bits per heavy atom. The van der Waals surface area contributed by atoms with Crippen LogP contribution in [0, 0.1) is 23.7 Å². The summed E-state index contributed by atoms with van der Waals surface area (Å²) < 4.78 is 51.2. The van der Waals surface area contributed by atoms with Gasteiger partial charge in [0.1, 0.15) is 60.3 Å². The van der Waals surface area contributed by atoms with Crippen LogP contribution in [0.3, 0.4) is 0 Å². The quantitative estimate of drug-likeness (QED) is 0.127. The van der Waals surface area contributed by atoms with Crippen LogP contribution in [0.25, 0.3) is 0 Å². The number of aliphatic hydroxyl groups is 5. The van der Waals surface area contributed by atoms with Gasteiger partial charge in [-0.2, -0.15) is 0 Å². The predicted molar refractivity (Wildman–Crippen MR) is 311 cm³/mol. The predicted octanol–water partition coefficient (Wildman–Crippen LogP) is 5.49. The number of rotatable bonds is 7. The lowest BCUT2D eigenvalue weighted by Crippen LogP contribution is -2.64. The molecule has 4 fully saturated rings. The van der Waals surface area contributed by atoms with Gasteiger partial charge in [-0.25, -0.2) is 0 Å². The van der Waals surface area contributed by atoms with Crippen molar-refractivity contribution in [2.75, 3.05) is 54.4 Å². The van der Waals surface area contributed by atoms with Gasteiger partial charge in [0, 0.05) is 91.8 Å². The molecule has 0 radical (unpaired) electrons. The number of aromatic hydroxyl groups is 1. The summed E-state index contributed by atoms with van der Waals surface area (Å²) in [5, 5.41) is 72.3. The van der Waals surface area contributed by atoms with E-state index < -0.39 is 77.1 Å². The molecule has 17 nitrogen and oxygen atoms in total. The molecule has 4 spiro atoms. The molecule has 4 aromatic rings. The zero-order valence-electron chi connectivity index (χ0n) is 48.7. The number of hydrogen-bond donors (Lipinski definition) is 6. The van der Waals surface area contributed by atoms with Crippen molar-refractivity contribution in [2.45, 2.75) is 153 Å². The van der Waals surface area contributed by atoms with Crippen molar-refractivity contribution in [1.29, 1.82) is 0 Å². The van der Waals surface area contributed by atoms with E-state index in [0.717, 1.165) is 103 Å². The van der Waals surface area contributed by atoms with Crippen LogP contribution in [0.15, 0.2) is 72.9 Å². The van der Waals surface area contributed by atoms with E-state index in [9.17, 15) is 30.6 Å². The Labute approximate surface area is 498 Å². The lowest BCUT2D eigenvalue weighted by Gasteiger charge is -2.56. The van der Waals surface area contributed by atoms with Crippen LogP contribution < -0.4 is 33.2 Å². The molecule has 8 bridgehead atoms. The van der Waals surface area contributed by atoms with E-state index in [4.69, 9.17) is 33.2 Å². The maximum Gasteiger partial charge on any atom is 0.212 e. The maximum atomic E-state index is 12.9. The van der Waals surface area contributed by atoms with Gasteiger partial charge in [0.25, 0.3) is 0 Å². The highest BCUT2D eigenvalue weighted by Crippen LogP contribution is 2.71. The van der Waals surface area contributed by atoms with Gasteiger partial charge >= 0.3 is 0 Å². The molecule has 20 atom stereocenters. The molecule has 16 aliphatic rings. The minimum absolute atomic E-state index is 0.0427. The molecule has 0 amide bonds. The Balaban J connectivity index is 0.805. The van der Waals surface area contributed by atoms with Gasteiger partial charge in [-0.1, -0.05) is 48.6 Å². The molecule has 17 heteroatoms. The summed E-state index contributed by atoms with van der Waals surface area (Å²) in [4.78, 5) is 9.69. The van der Waals surface area contributed by atoms with E-state index >= 15 is 0 Å². The van der Waals surface area contributed by atoms with Crippen LogP contribution in [0.1, 0.15) is 75.8 Å². The summed E-state index contributed by atoms with van der Waals surface area (Å²) in [6.45, 7) is 2.91. The highest BCUT2D eigenvalue weighted by Gasteiger charge is 2.69. The number of nitrogens with zero attached hydrogens (tertiary/aromatic N) is 4. The number of piperidine rings is 4. The maximum absolute atomic E-state index is 12.9. The summed E-state index contributed by atoms with van der Waals surface area (Å²) in [6, 6.07) is 8.70. The van der Waals surface area contributed by atoms with E-state index in [0.29, 0.717) is 59.3 Å². The number of ether oxygens (including phenoxy) is 7. The van der Waals surface area contributed by atoms with E-state index in [1.54, 1.807) is 0 Å². The Hall–Kier alpha value is -6.12. The molecule has 8 aliphatic carbocycles. The molecular formula is C69H72N4O13. The summed E-state index contributed by atoms with van der Waals surface area (Å²) in [5.41, 5.74) is 6.43.